The molecule has 2 heterocycles. The van der Waals surface area contributed by atoms with E-state index in [0.29, 0.717) is 27.8 Å². The number of ether oxygens (including phenoxy) is 2. The fraction of sp³-hybridized carbons (Fsp3) is 0.500. The van der Waals surface area contributed by atoms with Crippen LogP contribution >= 0.6 is 23.2 Å². The SMILES string of the molecule is Clc1ccc(Oc2ccc3c(c2)[C@H]2OCCC[C@H]2C(C2CCCCC2)N3)cc1Cl. The number of hydrogen-bond acceptors (Lipinski definition) is 3. The summed E-state index contributed by atoms with van der Waals surface area (Å²) in [7, 11) is 0. The van der Waals surface area contributed by atoms with Crippen LogP contribution in [0.25, 0.3) is 0 Å². The highest BCUT2D eigenvalue weighted by Gasteiger charge is 2.42. The van der Waals surface area contributed by atoms with Crippen LogP contribution in [0, 0.1) is 11.8 Å². The fourth-order valence-corrected chi connectivity index (χ4v) is 5.68. The summed E-state index contributed by atoms with van der Waals surface area (Å²) in [5.74, 6) is 2.79. The van der Waals surface area contributed by atoms with E-state index in [2.05, 4.69) is 17.4 Å². The van der Waals surface area contributed by atoms with Crippen molar-refractivity contribution >= 4 is 28.9 Å². The molecule has 1 saturated carbocycles. The third-order valence-corrected chi connectivity index (χ3v) is 7.50. The second kappa shape index (κ2) is 8.37. The summed E-state index contributed by atoms with van der Waals surface area (Å²) in [4.78, 5) is 0. The van der Waals surface area contributed by atoms with Crippen LogP contribution in [0.5, 0.6) is 11.5 Å². The Morgan fingerprint density at radius 2 is 1.66 bits per heavy atom. The Hall–Kier alpha value is -1.42. The molecule has 1 unspecified atom stereocenters. The molecule has 2 aromatic rings. The van der Waals surface area contributed by atoms with Crippen molar-refractivity contribution in [1.29, 1.82) is 0 Å². The van der Waals surface area contributed by atoms with Gasteiger partial charge in [0, 0.05) is 35.9 Å². The van der Waals surface area contributed by atoms with E-state index in [-0.39, 0.29) is 6.10 Å². The first kappa shape index (κ1) is 19.5. The zero-order chi connectivity index (χ0) is 19.8. The Bertz CT molecular complexity index is 881. The summed E-state index contributed by atoms with van der Waals surface area (Å²) in [5, 5.41) is 4.92. The van der Waals surface area contributed by atoms with Crippen molar-refractivity contribution in [2.45, 2.75) is 57.1 Å². The van der Waals surface area contributed by atoms with Gasteiger partial charge in [0.2, 0.25) is 0 Å². The normalized spacial score (nSPS) is 26.9. The summed E-state index contributed by atoms with van der Waals surface area (Å²) in [6.45, 7) is 0.843. The van der Waals surface area contributed by atoms with Gasteiger partial charge in [-0.25, -0.2) is 0 Å². The Kier molecular flexibility index (Phi) is 5.64. The Balaban J connectivity index is 1.43. The van der Waals surface area contributed by atoms with Gasteiger partial charge in [-0.3, -0.25) is 0 Å². The third-order valence-electron chi connectivity index (χ3n) is 6.77. The molecule has 3 atom stereocenters. The molecule has 2 aliphatic heterocycles. The molecule has 0 radical (unpaired) electrons. The summed E-state index contributed by atoms with van der Waals surface area (Å²) >= 11 is 12.2. The standard InChI is InChI=1S/C24H27Cl2NO2/c25-20-10-8-17(14-21(20)26)29-16-9-11-22-19(13-16)24-18(7-4-12-28-24)23(27-22)15-5-2-1-3-6-15/h8-11,13-15,18,23-24,27H,1-7,12H2/t18-,23?,24-/m0/s1. The van der Waals surface area contributed by atoms with Crippen molar-refractivity contribution in [2.24, 2.45) is 11.8 Å². The quantitative estimate of drug-likeness (QED) is 0.541. The van der Waals surface area contributed by atoms with Crippen LogP contribution in [0.1, 0.15) is 56.6 Å². The summed E-state index contributed by atoms with van der Waals surface area (Å²) < 4.78 is 12.4. The smallest absolute Gasteiger partial charge is 0.129 e. The van der Waals surface area contributed by atoms with Crippen LogP contribution in [0.4, 0.5) is 5.69 Å². The third kappa shape index (κ3) is 3.97. The highest BCUT2D eigenvalue weighted by Crippen LogP contribution is 2.48. The molecule has 1 saturated heterocycles. The zero-order valence-electron chi connectivity index (χ0n) is 16.5. The van der Waals surface area contributed by atoms with Gasteiger partial charge < -0.3 is 14.8 Å². The molecular weight excluding hydrogens is 405 g/mol. The molecule has 2 fully saturated rings. The number of benzene rings is 2. The highest BCUT2D eigenvalue weighted by atomic mass is 35.5. The van der Waals surface area contributed by atoms with Gasteiger partial charge in [-0.1, -0.05) is 42.5 Å². The van der Waals surface area contributed by atoms with Crippen LogP contribution in [-0.2, 0) is 4.74 Å². The van der Waals surface area contributed by atoms with Crippen LogP contribution in [-0.4, -0.2) is 12.6 Å². The maximum Gasteiger partial charge on any atom is 0.129 e. The van der Waals surface area contributed by atoms with E-state index >= 15 is 0 Å². The summed E-state index contributed by atoms with van der Waals surface area (Å²) in [6.07, 6.45) is 9.35. The lowest BCUT2D eigenvalue weighted by atomic mass is 9.71. The lowest BCUT2D eigenvalue weighted by molar-refractivity contribution is -0.0458. The molecule has 5 rings (SSSR count). The van der Waals surface area contributed by atoms with E-state index < -0.39 is 0 Å². The van der Waals surface area contributed by atoms with Crippen molar-refractivity contribution in [2.75, 3.05) is 11.9 Å². The second-order valence-corrected chi connectivity index (χ2v) is 9.41. The molecule has 3 nitrogen and oxygen atoms in total. The minimum atomic E-state index is 0.157. The average molecular weight is 432 g/mol. The Labute approximate surface area is 182 Å². The Morgan fingerprint density at radius 1 is 0.862 bits per heavy atom. The maximum absolute atomic E-state index is 6.34. The van der Waals surface area contributed by atoms with Gasteiger partial charge in [-0.05, 0) is 61.9 Å². The van der Waals surface area contributed by atoms with Gasteiger partial charge in [0.25, 0.3) is 0 Å². The van der Waals surface area contributed by atoms with Crippen molar-refractivity contribution in [3.05, 3.63) is 52.0 Å². The molecule has 1 N–H and O–H groups in total. The van der Waals surface area contributed by atoms with Crippen LogP contribution in [0.15, 0.2) is 36.4 Å². The molecule has 0 spiro atoms. The highest BCUT2D eigenvalue weighted by molar-refractivity contribution is 6.42. The van der Waals surface area contributed by atoms with E-state index in [9.17, 15) is 0 Å². The number of rotatable bonds is 3. The van der Waals surface area contributed by atoms with Crippen molar-refractivity contribution in [3.8, 4) is 11.5 Å². The van der Waals surface area contributed by atoms with Crippen molar-refractivity contribution in [3.63, 3.8) is 0 Å². The maximum atomic E-state index is 6.34. The van der Waals surface area contributed by atoms with Gasteiger partial charge in [0.05, 0.1) is 16.1 Å². The van der Waals surface area contributed by atoms with Gasteiger partial charge in [-0.2, -0.15) is 0 Å². The van der Waals surface area contributed by atoms with E-state index in [1.165, 1.54) is 49.8 Å². The molecule has 29 heavy (non-hydrogen) atoms. The first-order valence-corrected chi connectivity index (χ1v) is 11.6. The Morgan fingerprint density at radius 3 is 2.48 bits per heavy atom. The van der Waals surface area contributed by atoms with Crippen LogP contribution < -0.4 is 10.1 Å². The van der Waals surface area contributed by atoms with Crippen LogP contribution in [0.3, 0.4) is 0 Å². The molecule has 5 heteroatoms. The molecule has 0 aromatic heterocycles. The largest absolute Gasteiger partial charge is 0.457 e. The minimum Gasteiger partial charge on any atom is -0.457 e. The van der Waals surface area contributed by atoms with Gasteiger partial charge in [0.1, 0.15) is 11.5 Å². The topological polar surface area (TPSA) is 30.5 Å². The van der Waals surface area contributed by atoms with E-state index in [1.807, 2.05) is 12.1 Å². The molecule has 0 amide bonds. The minimum absolute atomic E-state index is 0.157. The molecule has 2 aromatic carbocycles. The lowest BCUT2D eigenvalue weighted by Crippen LogP contribution is -2.46. The molecule has 3 aliphatic rings. The lowest BCUT2D eigenvalue weighted by Gasteiger charge is -2.47. The van der Waals surface area contributed by atoms with E-state index in [0.717, 1.165) is 24.7 Å². The predicted molar refractivity (Wildman–Crippen MR) is 118 cm³/mol. The van der Waals surface area contributed by atoms with Crippen LogP contribution in [0.2, 0.25) is 10.0 Å². The van der Waals surface area contributed by atoms with Gasteiger partial charge in [0.15, 0.2) is 0 Å². The van der Waals surface area contributed by atoms with Gasteiger partial charge >= 0.3 is 0 Å². The molecular formula is C24H27Cl2NO2. The molecule has 1 aliphatic carbocycles. The average Bonchev–Trinajstić information content (AvgIpc) is 2.76. The van der Waals surface area contributed by atoms with Crippen molar-refractivity contribution < 1.29 is 9.47 Å². The fourth-order valence-electron chi connectivity index (χ4n) is 5.39. The van der Waals surface area contributed by atoms with Crippen molar-refractivity contribution in [1.82, 2.24) is 0 Å². The number of nitrogens with one attached hydrogen (secondary N) is 1. The first-order valence-electron chi connectivity index (χ1n) is 10.8. The number of hydrogen-bond donors (Lipinski definition) is 1. The predicted octanol–water partition coefficient (Wildman–Crippen LogP) is 7.63. The van der Waals surface area contributed by atoms with E-state index in [4.69, 9.17) is 32.7 Å². The molecule has 154 valence electrons. The van der Waals surface area contributed by atoms with Gasteiger partial charge in [-0.15, -0.1) is 0 Å². The second-order valence-electron chi connectivity index (χ2n) is 8.59. The first-order chi connectivity index (χ1) is 14.2. The number of halogens is 2. The summed E-state index contributed by atoms with van der Waals surface area (Å²) in [5.41, 5.74) is 2.42. The monoisotopic (exact) mass is 431 g/mol. The summed E-state index contributed by atoms with van der Waals surface area (Å²) in [6, 6.07) is 12.2. The number of fused-ring (bicyclic) bond motifs is 3. The number of anilines is 1. The zero-order valence-corrected chi connectivity index (χ0v) is 18.0. The molecule has 0 bridgehead atoms. The van der Waals surface area contributed by atoms with E-state index in [1.54, 1.807) is 12.1 Å².